The van der Waals surface area contributed by atoms with Crippen LogP contribution in [0.5, 0.6) is 0 Å². The van der Waals surface area contributed by atoms with Gasteiger partial charge in [-0.1, -0.05) is 18.2 Å². The Morgan fingerprint density at radius 3 is 2.56 bits per heavy atom. The third-order valence-electron chi connectivity index (χ3n) is 5.78. The molecule has 186 valence electrons. The van der Waals surface area contributed by atoms with Gasteiger partial charge in [0.15, 0.2) is 0 Å². The molecule has 0 radical (unpaired) electrons. The van der Waals surface area contributed by atoms with Crippen LogP contribution in [0.4, 0.5) is 5.00 Å². The predicted octanol–water partition coefficient (Wildman–Crippen LogP) is 4.71. The molecule has 0 spiro atoms. The lowest BCUT2D eigenvalue weighted by molar-refractivity contribution is 0.0379. The minimum Gasteiger partial charge on any atom is -0.459 e. The van der Waals surface area contributed by atoms with Crippen molar-refractivity contribution in [1.29, 1.82) is 0 Å². The van der Waals surface area contributed by atoms with Crippen molar-refractivity contribution in [1.82, 2.24) is 14.8 Å². The standard InChI is InChI=1S/C26H27N5O4S/c1-6-31-15(5)18(12-28-31)20-11-17(16-9-7-8-10-19(16)29-20)24(33)30-25-21(26(34)35-13(2)3)14(4)22(36-25)23(27)32/h7-13H,6H2,1-5H3,(H2,27,32)(H,30,33). The van der Waals surface area contributed by atoms with Gasteiger partial charge in [-0.3, -0.25) is 14.3 Å². The summed E-state index contributed by atoms with van der Waals surface area (Å²) < 4.78 is 7.22. The quantitative estimate of drug-likeness (QED) is 0.350. The van der Waals surface area contributed by atoms with E-state index in [1.165, 1.54) is 0 Å². The second-order valence-corrected chi connectivity index (χ2v) is 9.58. The van der Waals surface area contributed by atoms with E-state index in [4.69, 9.17) is 15.5 Å². The van der Waals surface area contributed by atoms with Gasteiger partial charge in [-0.25, -0.2) is 9.78 Å². The summed E-state index contributed by atoms with van der Waals surface area (Å²) in [6.07, 6.45) is 1.36. The second kappa shape index (κ2) is 9.90. The molecule has 3 aromatic heterocycles. The number of fused-ring (bicyclic) bond motifs is 1. The number of para-hydroxylation sites is 1. The summed E-state index contributed by atoms with van der Waals surface area (Å²) >= 11 is 0.951. The maximum atomic E-state index is 13.6. The topological polar surface area (TPSA) is 129 Å². The predicted molar refractivity (Wildman–Crippen MR) is 139 cm³/mol. The first-order valence-corrected chi connectivity index (χ1v) is 12.3. The van der Waals surface area contributed by atoms with Crippen molar-refractivity contribution in [2.24, 2.45) is 5.73 Å². The van der Waals surface area contributed by atoms with Crippen LogP contribution >= 0.6 is 11.3 Å². The summed E-state index contributed by atoms with van der Waals surface area (Å²) in [6.45, 7) is 9.72. The number of pyridine rings is 1. The largest absolute Gasteiger partial charge is 0.459 e. The van der Waals surface area contributed by atoms with Gasteiger partial charge in [0.2, 0.25) is 0 Å². The van der Waals surface area contributed by atoms with Crippen LogP contribution < -0.4 is 11.1 Å². The number of thiophene rings is 1. The van der Waals surface area contributed by atoms with E-state index in [0.29, 0.717) is 34.3 Å². The zero-order valence-corrected chi connectivity index (χ0v) is 21.5. The number of nitrogens with two attached hydrogens (primary N) is 1. The third-order valence-corrected chi connectivity index (χ3v) is 7.01. The molecule has 0 saturated carbocycles. The number of rotatable bonds is 7. The van der Waals surface area contributed by atoms with Gasteiger partial charge in [0.1, 0.15) is 5.00 Å². The van der Waals surface area contributed by atoms with Crippen molar-refractivity contribution in [2.45, 2.75) is 47.3 Å². The number of amides is 2. The fourth-order valence-electron chi connectivity index (χ4n) is 4.04. The van der Waals surface area contributed by atoms with Crippen LogP contribution in [-0.4, -0.2) is 38.7 Å². The van der Waals surface area contributed by atoms with Crippen LogP contribution in [-0.2, 0) is 11.3 Å². The van der Waals surface area contributed by atoms with Gasteiger partial charge in [-0.2, -0.15) is 5.10 Å². The van der Waals surface area contributed by atoms with Crippen molar-refractivity contribution < 1.29 is 19.1 Å². The molecule has 3 heterocycles. The van der Waals surface area contributed by atoms with Crippen molar-refractivity contribution in [3.05, 3.63) is 63.8 Å². The van der Waals surface area contributed by atoms with Gasteiger partial charge in [-0.15, -0.1) is 11.3 Å². The van der Waals surface area contributed by atoms with Gasteiger partial charge in [0.25, 0.3) is 11.8 Å². The van der Waals surface area contributed by atoms with Crippen LogP contribution in [0.25, 0.3) is 22.2 Å². The highest BCUT2D eigenvalue weighted by molar-refractivity contribution is 7.18. The Labute approximate surface area is 212 Å². The summed E-state index contributed by atoms with van der Waals surface area (Å²) in [6, 6.07) is 9.04. The number of ether oxygens (including phenoxy) is 1. The molecule has 9 nitrogen and oxygen atoms in total. The van der Waals surface area contributed by atoms with Gasteiger partial charge in [0.05, 0.1) is 39.5 Å². The maximum Gasteiger partial charge on any atom is 0.341 e. The van der Waals surface area contributed by atoms with Crippen LogP contribution in [0.15, 0.2) is 36.5 Å². The molecular weight excluding hydrogens is 478 g/mol. The molecule has 10 heteroatoms. The zero-order chi connectivity index (χ0) is 26.1. The fourth-order valence-corrected chi connectivity index (χ4v) is 5.09. The van der Waals surface area contributed by atoms with E-state index in [1.54, 1.807) is 33.0 Å². The number of esters is 1. The molecule has 1 aromatic carbocycles. The van der Waals surface area contributed by atoms with Crippen LogP contribution in [0.3, 0.4) is 0 Å². The van der Waals surface area contributed by atoms with Crippen molar-refractivity contribution in [2.75, 3.05) is 5.32 Å². The molecule has 0 aliphatic carbocycles. The number of aromatic nitrogens is 3. The molecule has 3 N–H and O–H groups in total. The minimum absolute atomic E-state index is 0.120. The highest BCUT2D eigenvalue weighted by atomic mass is 32.1. The average molecular weight is 506 g/mol. The Kier molecular flexibility index (Phi) is 6.89. The minimum atomic E-state index is -0.684. The zero-order valence-electron chi connectivity index (χ0n) is 20.7. The number of hydrogen-bond acceptors (Lipinski definition) is 7. The molecule has 0 bridgehead atoms. The molecule has 4 aromatic rings. The van der Waals surface area contributed by atoms with Crippen LogP contribution in [0, 0.1) is 13.8 Å². The molecule has 0 unspecified atom stereocenters. The molecule has 2 amide bonds. The molecule has 0 aliphatic rings. The highest BCUT2D eigenvalue weighted by Crippen LogP contribution is 2.35. The normalized spacial score (nSPS) is 11.2. The van der Waals surface area contributed by atoms with E-state index in [-0.39, 0.29) is 21.5 Å². The fraction of sp³-hybridized carbons (Fsp3) is 0.269. The molecule has 0 fully saturated rings. The van der Waals surface area contributed by atoms with Crippen molar-refractivity contribution in [3.63, 3.8) is 0 Å². The Morgan fingerprint density at radius 2 is 1.92 bits per heavy atom. The average Bonchev–Trinajstić information content (AvgIpc) is 3.36. The van der Waals surface area contributed by atoms with Crippen LogP contribution in [0.2, 0.25) is 0 Å². The number of nitrogens with zero attached hydrogens (tertiary/aromatic N) is 3. The van der Waals surface area contributed by atoms with E-state index >= 15 is 0 Å². The van der Waals surface area contributed by atoms with E-state index in [1.807, 2.05) is 42.8 Å². The number of carbonyl (C=O) groups excluding carboxylic acids is 3. The van der Waals surface area contributed by atoms with Gasteiger partial charge < -0.3 is 15.8 Å². The summed E-state index contributed by atoms with van der Waals surface area (Å²) in [5.74, 6) is -1.77. The number of carbonyl (C=O) groups is 3. The number of hydrogen-bond donors (Lipinski definition) is 2. The van der Waals surface area contributed by atoms with Crippen molar-refractivity contribution >= 4 is 45.0 Å². The molecule has 36 heavy (non-hydrogen) atoms. The molecular formula is C26H27N5O4S. The van der Waals surface area contributed by atoms with Gasteiger partial charge >= 0.3 is 5.97 Å². The molecule has 0 saturated heterocycles. The monoisotopic (exact) mass is 505 g/mol. The molecule has 0 atom stereocenters. The highest BCUT2D eigenvalue weighted by Gasteiger charge is 2.27. The molecule has 0 aliphatic heterocycles. The van der Waals surface area contributed by atoms with Gasteiger partial charge in [0, 0.05) is 23.2 Å². The first-order valence-electron chi connectivity index (χ1n) is 11.5. The Balaban J connectivity index is 1.82. The van der Waals surface area contributed by atoms with Crippen LogP contribution in [0.1, 0.15) is 62.4 Å². The lowest BCUT2D eigenvalue weighted by Gasteiger charge is -2.12. The van der Waals surface area contributed by atoms with Crippen molar-refractivity contribution in [3.8, 4) is 11.3 Å². The summed E-state index contributed by atoms with van der Waals surface area (Å²) in [5, 5.41) is 8.07. The van der Waals surface area contributed by atoms with Gasteiger partial charge in [-0.05, 0) is 52.3 Å². The van der Waals surface area contributed by atoms with E-state index < -0.39 is 17.8 Å². The summed E-state index contributed by atoms with van der Waals surface area (Å²) in [4.78, 5) is 43.4. The third kappa shape index (κ3) is 4.59. The second-order valence-electron chi connectivity index (χ2n) is 8.56. The summed E-state index contributed by atoms with van der Waals surface area (Å²) in [7, 11) is 0. The maximum absolute atomic E-state index is 13.6. The van der Waals surface area contributed by atoms with E-state index in [0.717, 1.165) is 22.6 Å². The van der Waals surface area contributed by atoms with E-state index in [9.17, 15) is 14.4 Å². The number of aryl methyl sites for hydroxylation is 1. The number of nitrogens with one attached hydrogen (secondary N) is 1. The Bertz CT molecular complexity index is 1500. The summed E-state index contributed by atoms with van der Waals surface area (Å²) in [5.41, 5.74) is 9.38. The Hall–Kier alpha value is -4.05. The molecule has 4 rings (SSSR count). The number of benzene rings is 1. The first-order chi connectivity index (χ1) is 17.1. The lowest BCUT2D eigenvalue weighted by atomic mass is 10.0. The smallest absolute Gasteiger partial charge is 0.341 e. The Morgan fingerprint density at radius 1 is 1.19 bits per heavy atom. The number of anilines is 1. The van der Waals surface area contributed by atoms with E-state index in [2.05, 4.69) is 10.4 Å². The number of primary amides is 1. The lowest BCUT2D eigenvalue weighted by Crippen LogP contribution is -2.17. The first kappa shape index (κ1) is 25.1. The SMILES string of the molecule is CCn1ncc(-c2cc(C(=O)Nc3sc(C(N)=O)c(C)c3C(=O)OC(C)C)c3ccccc3n2)c1C.